The van der Waals surface area contributed by atoms with E-state index < -0.39 is 11.6 Å². The number of hydrogen-bond acceptors (Lipinski definition) is 8. The van der Waals surface area contributed by atoms with Gasteiger partial charge in [-0.25, -0.2) is 18.4 Å². The third-order valence-electron chi connectivity index (χ3n) is 2.79. The van der Waals surface area contributed by atoms with Gasteiger partial charge < -0.3 is 10.5 Å². The standard InChI is InChI=1S/C12H9BrFN5O4.ClH/c13-7-5-6(1-2-8(7)14)19-10(17-22-12(19)20)9-11(18-23-16-9)21-4-3-15;/h1-2,5H,3-4,15H2;1H. The molecule has 0 radical (unpaired) electrons. The summed E-state index contributed by atoms with van der Waals surface area (Å²) in [5.74, 6) is -1.25. The van der Waals surface area contributed by atoms with E-state index in [1.165, 1.54) is 18.2 Å². The van der Waals surface area contributed by atoms with Crippen molar-refractivity contribution >= 4 is 28.3 Å². The van der Waals surface area contributed by atoms with Crippen molar-refractivity contribution in [3.63, 3.8) is 0 Å². The summed E-state index contributed by atoms with van der Waals surface area (Å²) in [6.07, 6.45) is 0. The van der Waals surface area contributed by atoms with Crippen molar-refractivity contribution in [3.05, 3.63) is 39.0 Å². The number of nitrogens with zero attached hydrogens (tertiary/aromatic N) is 4. The van der Waals surface area contributed by atoms with E-state index in [1.54, 1.807) is 0 Å². The molecule has 0 aliphatic heterocycles. The molecule has 0 aliphatic carbocycles. The lowest BCUT2D eigenvalue weighted by molar-refractivity contribution is 0.260. The Morgan fingerprint density at radius 1 is 1.33 bits per heavy atom. The quantitative estimate of drug-likeness (QED) is 0.657. The maximum atomic E-state index is 13.4. The van der Waals surface area contributed by atoms with E-state index in [9.17, 15) is 9.18 Å². The summed E-state index contributed by atoms with van der Waals surface area (Å²) in [4.78, 5) is 11.9. The van der Waals surface area contributed by atoms with Crippen LogP contribution in [0.15, 0.2) is 36.6 Å². The highest BCUT2D eigenvalue weighted by atomic mass is 79.9. The van der Waals surface area contributed by atoms with Crippen LogP contribution in [0.2, 0.25) is 0 Å². The summed E-state index contributed by atoms with van der Waals surface area (Å²) in [5.41, 5.74) is 5.73. The SMILES string of the molecule is Cl.NCCOc1nonc1-c1noc(=O)n1-c1ccc(F)c(Br)c1. The van der Waals surface area contributed by atoms with Crippen LogP contribution < -0.4 is 16.2 Å². The van der Waals surface area contributed by atoms with Gasteiger partial charge in [-0.05, 0) is 44.4 Å². The summed E-state index contributed by atoms with van der Waals surface area (Å²) < 4.78 is 29.2. The van der Waals surface area contributed by atoms with Crippen molar-refractivity contribution in [2.45, 2.75) is 0 Å². The van der Waals surface area contributed by atoms with Gasteiger partial charge >= 0.3 is 5.76 Å². The second kappa shape index (κ2) is 7.55. The monoisotopic (exact) mass is 421 g/mol. The number of ether oxygens (including phenoxy) is 1. The van der Waals surface area contributed by atoms with Crippen LogP contribution in [0.4, 0.5) is 4.39 Å². The van der Waals surface area contributed by atoms with Crippen LogP contribution in [0.1, 0.15) is 0 Å². The van der Waals surface area contributed by atoms with E-state index in [1.807, 2.05) is 0 Å². The Bertz CT molecular complexity index is 896. The summed E-state index contributed by atoms with van der Waals surface area (Å²) in [7, 11) is 0. The lowest BCUT2D eigenvalue weighted by Crippen LogP contribution is -2.14. The highest BCUT2D eigenvalue weighted by Gasteiger charge is 2.24. The molecule has 24 heavy (non-hydrogen) atoms. The molecule has 0 spiro atoms. The van der Waals surface area contributed by atoms with Crippen molar-refractivity contribution in [2.24, 2.45) is 5.73 Å². The minimum absolute atomic E-state index is 0. The molecule has 0 aliphatic rings. The molecule has 3 rings (SSSR count). The fourth-order valence-corrected chi connectivity index (χ4v) is 2.19. The molecule has 2 aromatic heterocycles. The molecule has 3 aromatic rings. The van der Waals surface area contributed by atoms with E-state index in [0.29, 0.717) is 5.69 Å². The number of rotatable bonds is 5. The highest BCUT2D eigenvalue weighted by Crippen LogP contribution is 2.27. The Hall–Kier alpha value is -2.24. The van der Waals surface area contributed by atoms with E-state index in [2.05, 4.69) is 40.6 Å². The molecule has 128 valence electrons. The van der Waals surface area contributed by atoms with Gasteiger partial charge in [0.2, 0.25) is 11.5 Å². The zero-order chi connectivity index (χ0) is 16.4. The van der Waals surface area contributed by atoms with Crippen molar-refractivity contribution in [1.29, 1.82) is 0 Å². The number of aromatic nitrogens is 4. The smallest absolute Gasteiger partial charge is 0.446 e. The van der Waals surface area contributed by atoms with Crippen LogP contribution in [0, 0.1) is 5.82 Å². The van der Waals surface area contributed by atoms with E-state index in [0.717, 1.165) is 4.57 Å². The fraction of sp³-hybridized carbons (Fsp3) is 0.167. The normalized spacial score (nSPS) is 10.5. The molecule has 0 unspecified atom stereocenters. The first-order valence-electron chi connectivity index (χ1n) is 6.31. The van der Waals surface area contributed by atoms with Gasteiger partial charge in [0.1, 0.15) is 12.4 Å². The predicted molar refractivity (Wildman–Crippen MR) is 84.8 cm³/mol. The number of hydrogen-bond donors (Lipinski definition) is 1. The number of halogens is 3. The lowest BCUT2D eigenvalue weighted by Gasteiger charge is -2.05. The van der Waals surface area contributed by atoms with E-state index >= 15 is 0 Å². The Morgan fingerprint density at radius 3 is 2.83 bits per heavy atom. The first kappa shape index (κ1) is 18.1. The van der Waals surface area contributed by atoms with Gasteiger partial charge in [0.15, 0.2) is 0 Å². The van der Waals surface area contributed by atoms with Gasteiger partial charge in [0, 0.05) is 6.54 Å². The van der Waals surface area contributed by atoms with Crippen LogP contribution >= 0.6 is 28.3 Å². The Kier molecular flexibility index (Phi) is 5.70. The van der Waals surface area contributed by atoms with Crippen LogP contribution in [0.3, 0.4) is 0 Å². The molecule has 9 nitrogen and oxygen atoms in total. The van der Waals surface area contributed by atoms with Gasteiger partial charge in [-0.1, -0.05) is 5.16 Å². The minimum atomic E-state index is -0.786. The average molecular weight is 423 g/mol. The van der Waals surface area contributed by atoms with Crippen molar-refractivity contribution in [2.75, 3.05) is 13.2 Å². The Labute approximate surface area is 148 Å². The van der Waals surface area contributed by atoms with Gasteiger partial charge in [0.05, 0.1) is 10.2 Å². The van der Waals surface area contributed by atoms with E-state index in [-0.39, 0.29) is 47.4 Å². The number of nitrogens with two attached hydrogens (primary N) is 1. The van der Waals surface area contributed by atoms with Crippen LogP contribution in [-0.4, -0.2) is 33.2 Å². The molecule has 0 bridgehead atoms. The van der Waals surface area contributed by atoms with Gasteiger partial charge in [-0.15, -0.1) is 12.4 Å². The first-order chi connectivity index (χ1) is 11.1. The molecule has 0 saturated carbocycles. The third-order valence-corrected chi connectivity index (χ3v) is 3.40. The highest BCUT2D eigenvalue weighted by molar-refractivity contribution is 9.10. The fourth-order valence-electron chi connectivity index (χ4n) is 1.82. The summed E-state index contributed by atoms with van der Waals surface area (Å²) in [6, 6.07) is 3.97. The molecule has 0 fully saturated rings. The Balaban J connectivity index is 0.00000208. The zero-order valence-corrected chi connectivity index (χ0v) is 14.2. The topological polar surface area (TPSA) is 122 Å². The molecular formula is C12H10BrClFN5O4. The lowest BCUT2D eigenvalue weighted by atomic mass is 10.3. The number of benzene rings is 1. The van der Waals surface area contributed by atoms with E-state index in [4.69, 9.17) is 10.5 Å². The van der Waals surface area contributed by atoms with Crippen molar-refractivity contribution in [3.8, 4) is 23.1 Å². The Morgan fingerprint density at radius 2 is 2.12 bits per heavy atom. The molecule has 2 N–H and O–H groups in total. The van der Waals surface area contributed by atoms with Crippen LogP contribution in [0.25, 0.3) is 17.2 Å². The summed E-state index contributed by atoms with van der Waals surface area (Å²) in [6.45, 7) is 0.425. The molecule has 0 saturated heterocycles. The van der Waals surface area contributed by atoms with Gasteiger partial charge in [-0.3, -0.25) is 4.52 Å². The van der Waals surface area contributed by atoms with Crippen LogP contribution in [-0.2, 0) is 0 Å². The minimum Gasteiger partial charge on any atom is -0.472 e. The second-order valence-corrected chi connectivity index (χ2v) is 5.12. The van der Waals surface area contributed by atoms with Crippen molar-refractivity contribution < 1.29 is 18.3 Å². The maximum Gasteiger partial charge on any atom is 0.446 e. The third kappa shape index (κ3) is 3.32. The average Bonchev–Trinajstić information content (AvgIpc) is 3.14. The second-order valence-electron chi connectivity index (χ2n) is 4.26. The molecule has 1 aromatic carbocycles. The molecule has 2 heterocycles. The van der Waals surface area contributed by atoms with Gasteiger partial charge in [-0.2, -0.15) is 0 Å². The molecular weight excluding hydrogens is 413 g/mol. The first-order valence-corrected chi connectivity index (χ1v) is 7.11. The predicted octanol–water partition coefficient (Wildman–Crippen LogP) is 1.54. The summed E-state index contributed by atoms with van der Waals surface area (Å²) in [5, 5.41) is 10.9. The molecule has 0 amide bonds. The zero-order valence-electron chi connectivity index (χ0n) is 11.8. The van der Waals surface area contributed by atoms with Crippen LogP contribution in [0.5, 0.6) is 5.88 Å². The molecule has 0 atom stereocenters. The largest absolute Gasteiger partial charge is 0.472 e. The summed E-state index contributed by atoms with van der Waals surface area (Å²) >= 11 is 3.05. The van der Waals surface area contributed by atoms with Gasteiger partial charge in [0.25, 0.3) is 5.88 Å². The van der Waals surface area contributed by atoms with Crippen molar-refractivity contribution in [1.82, 2.24) is 20.0 Å². The molecule has 12 heteroatoms. The maximum absolute atomic E-state index is 13.4.